The van der Waals surface area contributed by atoms with E-state index in [0.29, 0.717) is 18.1 Å². The van der Waals surface area contributed by atoms with E-state index in [0.717, 1.165) is 30.0 Å². The summed E-state index contributed by atoms with van der Waals surface area (Å²) >= 11 is 0. The predicted molar refractivity (Wildman–Crippen MR) is 72.5 cm³/mol. The van der Waals surface area contributed by atoms with Crippen LogP contribution in [0.1, 0.15) is 50.8 Å². The second-order valence-corrected chi connectivity index (χ2v) is 6.18. The maximum Gasteiger partial charge on any atom is 0.216 e. The van der Waals surface area contributed by atoms with Gasteiger partial charge in [0.15, 0.2) is 0 Å². The molecule has 0 saturated heterocycles. The first-order chi connectivity index (χ1) is 8.43. The van der Waals surface area contributed by atoms with E-state index in [1.807, 2.05) is 18.7 Å². The maximum atomic E-state index is 6.14. The van der Waals surface area contributed by atoms with Crippen LogP contribution in [0.4, 0.5) is 0 Å². The van der Waals surface area contributed by atoms with Crippen LogP contribution in [-0.4, -0.2) is 15.9 Å². The minimum absolute atomic E-state index is 0.318. The molecule has 4 nitrogen and oxygen atoms in total. The summed E-state index contributed by atoms with van der Waals surface area (Å²) in [6.07, 6.45) is 5.03. The number of ether oxygens (including phenoxy) is 1. The van der Waals surface area contributed by atoms with Gasteiger partial charge in [-0.25, -0.2) is 4.68 Å². The summed E-state index contributed by atoms with van der Waals surface area (Å²) in [7, 11) is 1.92. The zero-order valence-corrected chi connectivity index (χ0v) is 12.0. The molecule has 0 radical (unpaired) electrons. The van der Waals surface area contributed by atoms with Gasteiger partial charge in [-0.1, -0.05) is 13.8 Å². The van der Waals surface area contributed by atoms with Gasteiger partial charge in [0.2, 0.25) is 5.88 Å². The average molecular weight is 251 g/mol. The lowest BCUT2D eigenvalue weighted by Gasteiger charge is -2.34. The molecule has 1 saturated carbocycles. The molecule has 0 atom stereocenters. The summed E-state index contributed by atoms with van der Waals surface area (Å²) in [4.78, 5) is 0. The normalized spacial score (nSPS) is 20.1. The van der Waals surface area contributed by atoms with Gasteiger partial charge in [0, 0.05) is 13.6 Å². The second-order valence-electron chi connectivity index (χ2n) is 6.18. The highest BCUT2D eigenvalue weighted by Gasteiger charge is 2.29. The molecule has 1 heterocycles. The topological polar surface area (TPSA) is 53.1 Å². The van der Waals surface area contributed by atoms with Crippen molar-refractivity contribution in [3.05, 3.63) is 11.3 Å². The molecule has 102 valence electrons. The Morgan fingerprint density at radius 1 is 1.39 bits per heavy atom. The minimum atomic E-state index is 0.318. The molecule has 2 rings (SSSR count). The number of hydrogen-bond donors (Lipinski definition) is 1. The van der Waals surface area contributed by atoms with Crippen LogP contribution in [0.15, 0.2) is 0 Å². The number of hydrogen-bond acceptors (Lipinski definition) is 3. The Kier molecular flexibility index (Phi) is 3.66. The van der Waals surface area contributed by atoms with Crippen LogP contribution >= 0.6 is 0 Å². The molecule has 0 amide bonds. The van der Waals surface area contributed by atoms with E-state index in [4.69, 9.17) is 10.5 Å². The van der Waals surface area contributed by atoms with Crippen molar-refractivity contribution in [2.24, 2.45) is 18.2 Å². The quantitative estimate of drug-likeness (QED) is 0.898. The van der Waals surface area contributed by atoms with E-state index in [-0.39, 0.29) is 0 Å². The van der Waals surface area contributed by atoms with Crippen LogP contribution in [0.5, 0.6) is 5.88 Å². The summed E-state index contributed by atoms with van der Waals surface area (Å²) in [6, 6.07) is 0. The first-order valence-corrected chi connectivity index (χ1v) is 6.82. The van der Waals surface area contributed by atoms with E-state index in [9.17, 15) is 0 Å². The molecule has 1 fully saturated rings. The Bertz CT molecular complexity index is 413. The summed E-state index contributed by atoms with van der Waals surface area (Å²) < 4.78 is 7.96. The summed E-state index contributed by atoms with van der Waals surface area (Å²) in [6.45, 7) is 7.15. The Morgan fingerprint density at radius 3 is 2.56 bits per heavy atom. The fraction of sp³-hybridized carbons (Fsp3) is 0.786. The molecule has 0 spiro atoms. The van der Waals surface area contributed by atoms with Gasteiger partial charge in [0.25, 0.3) is 0 Å². The van der Waals surface area contributed by atoms with Crippen LogP contribution in [-0.2, 0) is 13.6 Å². The third-order valence-corrected chi connectivity index (χ3v) is 4.06. The maximum absolute atomic E-state index is 6.14. The molecule has 1 aromatic rings. The molecule has 0 aliphatic heterocycles. The SMILES string of the molecule is Cc1nn(C)c(OC2CCC(C)(C)CC2)c1CN. The molecular weight excluding hydrogens is 226 g/mol. The number of nitrogens with zero attached hydrogens (tertiary/aromatic N) is 2. The Hall–Kier alpha value is -1.03. The van der Waals surface area contributed by atoms with E-state index in [1.165, 1.54) is 12.8 Å². The molecule has 1 aliphatic rings. The summed E-state index contributed by atoms with van der Waals surface area (Å²) in [5.41, 5.74) is 8.27. The fourth-order valence-corrected chi connectivity index (χ4v) is 2.71. The molecule has 0 bridgehead atoms. The Labute approximate surface area is 110 Å². The van der Waals surface area contributed by atoms with Gasteiger partial charge in [-0.15, -0.1) is 0 Å². The monoisotopic (exact) mass is 251 g/mol. The van der Waals surface area contributed by atoms with Crippen molar-refractivity contribution in [2.45, 2.75) is 59.1 Å². The second kappa shape index (κ2) is 4.92. The predicted octanol–water partition coefficient (Wildman–Crippen LogP) is 2.53. The molecule has 18 heavy (non-hydrogen) atoms. The van der Waals surface area contributed by atoms with Crippen molar-refractivity contribution in [1.82, 2.24) is 9.78 Å². The molecule has 2 N–H and O–H groups in total. The molecular formula is C14H25N3O. The first kappa shape index (κ1) is 13.4. The van der Waals surface area contributed by atoms with Crippen LogP contribution in [0.3, 0.4) is 0 Å². The van der Waals surface area contributed by atoms with Crippen LogP contribution < -0.4 is 10.5 Å². The Balaban J connectivity index is 2.06. The highest BCUT2D eigenvalue weighted by atomic mass is 16.5. The highest BCUT2D eigenvalue weighted by Crippen LogP contribution is 2.37. The summed E-state index contributed by atoms with van der Waals surface area (Å²) in [5.74, 6) is 0.861. The standard InChI is InChI=1S/C14H25N3O/c1-10-12(9-15)13(17(4)16-10)18-11-5-7-14(2,3)8-6-11/h11H,5-9,15H2,1-4H3. The van der Waals surface area contributed by atoms with Gasteiger partial charge >= 0.3 is 0 Å². The molecule has 0 unspecified atom stereocenters. The van der Waals surface area contributed by atoms with Gasteiger partial charge in [0.1, 0.15) is 6.10 Å². The van der Waals surface area contributed by atoms with Crippen molar-refractivity contribution in [1.29, 1.82) is 0 Å². The van der Waals surface area contributed by atoms with E-state index in [2.05, 4.69) is 18.9 Å². The van der Waals surface area contributed by atoms with Crippen LogP contribution in [0.2, 0.25) is 0 Å². The number of nitrogens with two attached hydrogens (primary N) is 1. The zero-order valence-electron chi connectivity index (χ0n) is 12.0. The number of rotatable bonds is 3. The fourth-order valence-electron chi connectivity index (χ4n) is 2.71. The molecule has 1 aliphatic carbocycles. The van der Waals surface area contributed by atoms with Crippen molar-refractivity contribution in [3.63, 3.8) is 0 Å². The first-order valence-electron chi connectivity index (χ1n) is 6.82. The molecule has 1 aromatic heterocycles. The van der Waals surface area contributed by atoms with Gasteiger partial charge in [0.05, 0.1) is 11.3 Å². The van der Waals surface area contributed by atoms with E-state index >= 15 is 0 Å². The number of aryl methyl sites for hydroxylation is 2. The number of aromatic nitrogens is 2. The van der Waals surface area contributed by atoms with E-state index in [1.54, 1.807) is 0 Å². The van der Waals surface area contributed by atoms with E-state index < -0.39 is 0 Å². The lowest BCUT2D eigenvalue weighted by molar-refractivity contribution is 0.0903. The zero-order chi connectivity index (χ0) is 13.3. The lowest BCUT2D eigenvalue weighted by atomic mass is 9.76. The third-order valence-electron chi connectivity index (χ3n) is 4.06. The minimum Gasteiger partial charge on any atom is -0.474 e. The van der Waals surface area contributed by atoms with Crippen molar-refractivity contribution in [3.8, 4) is 5.88 Å². The van der Waals surface area contributed by atoms with Crippen molar-refractivity contribution >= 4 is 0 Å². The highest BCUT2D eigenvalue weighted by molar-refractivity contribution is 5.30. The van der Waals surface area contributed by atoms with Crippen LogP contribution in [0.25, 0.3) is 0 Å². The van der Waals surface area contributed by atoms with Crippen molar-refractivity contribution < 1.29 is 4.74 Å². The van der Waals surface area contributed by atoms with Gasteiger partial charge in [-0.05, 0) is 38.0 Å². The third kappa shape index (κ3) is 2.69. The van der Waals surface area contributed by atoms with Gasteiger partial charge in [-0.3, -0.25) is 0 Å². The van der Waals surface area contributed by atoms with Crippen molar-refractivity contribution in [2.75, 3.05) is 0 Å². The molecule has 0 aromatic carbocycles. The van der Waals surface area contributed by atoms with Gasteiger partial charge in [-0.2, -0.15) is 5.10 Å². The summed E-state index contributed by atoms with van der Waals surface area (Å²) in [5, 5.41) is 4.39. The molecule has 4 heteroatoms. The Morgan fingerprint density at radius 2 is 2.00 bits per heavy atom. The largest absolute Gasteiger partial charge is 0.474 e. The van der Waals surface area contributed by atoms with Gasteiger partial charge < -0.3 is 10.5 Å². The smallest absolute Gasteiger partial charge is 0.216 e. The van der Waals surface area contributed by atoms with Crippen LogP contribution in [0, 0.1) is 12.3 Å². The lowest BCUT2D eigenvalue weighted by Crippen LogP contribution is -2.29. The average Bonchev–Trinajstić information content (AvgIpc) is 2.56.